The molecule has 0 spiro atoms. The van der Waals surface area contributed by atoms with Crippen LogP contribution in [0, 0.1) is 0 Å². The van der Waals surface area contributed by atoms with E-state index in [4.69, 9.17) is 0 Å². The molecule has 1 atom stereocenters. The zero-order chi connectivity index (χ0) is 13.1. The first-order valence-corrected chi connectivity index (χ1v) is 7.60. The van der Waals surface area contributed by atoms with E-state index < -0.39 is 0 Å². The van der Waals surface area contributed by atoms with Crippen molar-refractivity contribution in [3.05, 3.63) is 30.3 Å². The van der Waals surface area contributed by atoms with Gasteiger partial charge in [-0.2, -0.15) is 0 Å². The summed E-state index contributed by atoms with van der Waals surface area (Å²) in [7, 11) is 0. The van der Waals surface area contributed by atoms with E-state index in [9.17, 15) is 0 Å². The summed E-state index contributed by atoms with van der Waals surface area (Å²) >= 11 is 0. The van der Waals surface area contributed by atoms with Crippen LogP contribution >= 0.6 is 0 Å². The second-order valence-corrected chi connectivity index (χ2v) is 5.89. The number of para-hydroxylation sites is 1. The molecule has 0 radical (unpaired) electrons. The summed E-state index contributed by atoms with van der Waals surface area (Å²) in [5.74, 6) is 0. The number of anilines is 1. The first-order chi connectivity index (χ1) is 9.33. The van der Waals surface area contributed by atoms with Crippen molar-refractivity contribution in [2.45, 2.75) is 31.8 Å². The zero-order valence-corrected chi connectivity index (χ0v) is 11.9. The summed E-state index contributed by atoms with van der Waals surface area (Å²) in [6, 6.07) is 12.3. The molecule has 3 heteroatoms. The van der Waals surface area contributed by atoms with E-state index in [-0.39, 0.29) is 0 Å². The van der Waals surface area contributed by atoms with Crippen LogP contribution < -0.4 is 10.2 Å². The predicted octanol–water partition coefficient (Wildman–Crippen LogP) is 1.95. The number of benzene rings is 1. The van der Waals surface area contributed by atoms with E-state index in [1.165, 1.54) is 31.6 Å². The van der Waals surface area contributed by atoms with Crippen molar-refractivity contribution in [1.29, 1.82) is 0 Å². The Morgan fingerprint density at radius 2 is 1.79 bits per heavy atom. The highest BCUT2D eigenvalue weighted by Crippen LogP contribution is 2.19. The first-order valence-electron chi connectivity index (χ1n) is 7.60. The van der Waals surface area contributed by atoms with Crippen LogP contribution in [0.1, 0.15) is 19.8 Å². The molecule has 19 heavy (non-hydrogen) atoms. The number of nitrogens with zero attached hydrogens (tertiary/aromatic N) is 2. The Hall–Kier alpha value is -1.06. The van der Waals surface area contributed by atoms with Gasteiger partial charge < -0.3 is 10.2 Å². The van der Waals surface area contributed by atoms with E-state index in [1.54, 1.807) is 0 Å². The molecular weight excluding hydrogens is 234 g/mol. The zero-order valence-electron chi connectivity index (χ0n) is 11.9. The van der Waals surface area contributed by atoms with Crippen LogP contribution in [0.3, 0.4) is 0 Å². The Morgan fingerprint density at radius 1 is 1.11 bits per heavy atom. The van der Waals surface area contributed by atoms with Crippen molar-refractivity contribution in [1.82, 2.24) is 10.2 Å². The van der Waals surface area contributed by atoms with Crippen molar-refractivity contribution < 1.29 is 0 Å². The molecule has 1 aromatic carbocycles. The monoisotopic (exact) mass is 259 g/mol. The normalized spacial score (nSPS) is 22.5. The molecule has 1 aliphatic heterocycles. The van der Waals surface area contributed by atoms with Gasteiger partial charge in [-0.3, -0.25) is 4.90 Å². The lowest BCUT2D eigenvalue weighted by Gasteiger charge is -2.39. The van der Waals surface area contributed by atoms with Crippen LogP contribution in [0.15, 0.2) is 30.3 Å². The number of piperazine rings is 1. The molecule has 2 aliphatic rings. The Morgan fingerprint density at radius 3 is 2.42 bits per heavy atom. The SMILES string of the molecule is CC(CNC1CC1)N1CCN(c2ccccc2)CC1. The van der Waals surface area contributed by atoms with Crippen LogP contribution in [0.2, 0.25) is 0 Å². The third-order valence-electron chi connectivity index (χ3n) is 4.34. The fourth-order valence-corrected chi connectivity index (χ4v) is 2.81. The summed E-state index contributed by atoms with van der Waals surface area (Å²) in [5, 5.41) is 3.64. The summed E-state index contributed by atoms with van der Waals surface area (Å²) in [4.78, 5) is 5.12. The molecule has 0 bridgehead atoms. The Balaban J connectivity index is 1.45. The molecule has 1 N–H and O–H groups in total. The van der Waals surface area contributed by atoms with Crippen LogP contribution in [0.5, 0.6) is 0 Å². The van der Waals surface area contributed by atoms with Gasteiger partial charge in [0.1, 0.15) is 0 Å². The van der Waals surface area contributed by atoms with Crippen LogP contribution in [-0.4, -0.2) is 49.7 Å². The highest BCUT2D eigenvalue weighted by molar-refractivity contribution is 5.46. The lowest BCUT2D eigenvalue weighted by atomic mass is 10.2. The number of nitrogens with one attached hydrogen (secondary N) is 1. The van der Waals surface area contributed by atoms with Gasteiger partial charge in [0, 0.05) is 50.5 Å². The molecule has 1 saturated carbocycles. The Kier molecular flexibility index (Phi) is 4.04. The van der Waals surface area contributed by atoms with E-state index in [1.807, 2.05) is 0 Å². The maximum absolute atomic E-state index is 3.64. The summed E-state index contributed by atoms with van der Waals surface area (Å²) in [5.41, 5.74) is 1.37. The molecule has 2 fully saturated rings. The van der Waals surface area contributed by atoms with Gasteiger partial charge >= 0.3 is 0 Å². The minimum Gasteiger partial charge on any atom is -0.369 e. The van der Waals surface area contributed by atoms with Gasteiger partial charge in [-0.05, 0) is 31.9 Å². The van der Waals surface area contributed by atoms with Crippen molar-refractivity contribution in [2.75, 3.05) is 37.6 Å². The second kappa shape index (κ2) is 5.93. The van der Waals surface area contributed by atoms with Gasteiger partial charge in [0.15, 0.2) is 0 Å². The molecule has 0 aromatic heterocycles. The molecule has 1 saturated heterocycles. The molecule has 1 aliphatic carbocycles. The largest absolute Gasteiger partial charge is 0.369 e. The Bertz CT molecular complexity index is 380. The lowest BCUT2D eigenvalue weighted by Crippen LogP contribution is -2.52. The highest BCUT2D eigenvalue weighted by Gasteiger charge is 2.24. The van der Waals surface area contributed by atoms with E-state index in [0.29, 0.717) is 6.04 Å². The molecule has 1 aromatic rings. The molecule has 3 nitrogen and oxygen atoms in total. The van der Waals surface area contributed by atoms with Gasteiger partial charge in [0.25, 0.3) is 0 Å². The van der Waals surface area contributed by atoms with E-state index >= 15 is 0 Å². The third-order valence-corrected chi connectivity index (χ3v) is 4.34. The molecule has 104 valence electrons. The van der Waals surface area contributed by atoms with Gasteiger partial charge in [0.05, 0.1) is 0 Å². The number of hydrogen-bond acceptors (Lipinski definition) is 3. The summed E-state index contributed by atoms with van der Waals surface area (Å²) < 4.78 is 0. The minimum atomic E-state index is 0.665. The third kappa shape index (κ3) is 3.48. The van der Waals surface area contributed by atoms with Gasteiger partial charge in [-0.25, -0.2) is 0 Å². The van der Waals surface area contributed by atoms with Gasteiger partial charge in [-0.15, -0.1) is 0 Å². The van der Waals surface area contributed by atoms with Gasteiger partial charge in [0.2, 0.25) is 0 Å². The van der Waals surface area contributed by atoms with E-state index in [0.717, 1.165) is 25.7 Å². The summed E-state index contributed by atoms with van der Waals surface area (Å²) in [6.07, 6.45) is 2.77. The number of hydrogen-bond donors (Lipinski definition) is 1. The highest BCUT2D eigenvalue weighted by atomic mass is 15.3. The molecule has 0 amide bonds. The molecule has 3 rings (SSSR count). The maximum atomic E-state index is 3.64. The topological polar surface area (TPSA) is 18.5 Å². The van der Waals surface area contributed by atoms with Crippen molar-refractivity contribution >= 4 is 5.69 Å². The van der Waals surface area contributed by atoms with E-state index in [2.05, 4.69) is 52.4 Å². The minimum absolute atomic E-state index is 0.665. The molecule has 1 unspecified atom stereocenters. The van der Waals surface area contributed by atoms with Crippen LogP contribution in [0.4, 0.5) is 5.69 Å². The second-order valence-electron chi connectivity index (χ2n) is 5.89. The predicted molar refractivity (Wildman–Crippen MR) is 80.7 cm³/mol. The van der Waals surface area contributed by atoms with Gasteiger partial charge in [-0.1, -0.05) is 18.2 Å². The fourth-order valence-electron chi connectivity index (χ4n) is 2.81. The van der Waals surface area contributed by atoms with Crippen molar-refractivity contribution in [2.24, 2.45) is 0 Å². The average Bonchev–Trinajstić information content (AvgIpc) is 3.30. The average molecular weight is 259 g/mol. The van der Waals surface area contributed by atoms with Crippen LogP contribution in [-0.2, 0) is 0 Å². The molecule has 1 heterocycles. The first kappa shape index (κ1) is 12.9. The maximum Gasteiger partial charge on any atom is 0.0367 e. The molecular formula is C16H25N3. The van der Waals surface area contributed by atoms with Crippen molar-refractivity contribution in [3.8, 4) is 0 Å². The number of rotatable bonds is 5. The lowest BCUT2D eigenvalue weighted by molar-refractivity contribution is 0.193. The van der Waals surface area contributed by atoms with Crippen molar-refractivity contribution in [3.63, 3.8) is 0 Å². The Labute approximate surface area is 116 Å². The summed E-state index contributed by atoms with van der Waals surface area (Å²) in [6.45, 7) is 8.17. The smallest absolute Gasteiger partial charge is 0.0367 e. The quantitative estimate of drug-likeness (QED) is 0.872. The standard InChI is InChI=1S/C16H25N3/c1-14(13-17-15-7-8-15)18-9-11-19(12-10-18)16-5-3-2-4-6-16/h2-6,14-15,17H,7-13H2,1H3. The van der Waals surface area contributed by atoms with Crippen LogP contribution in [0.25, 0.3) is 0 Å². The fraction of sp³-hybridized carbons (Fsp3) is 0.625.